The Morgan fingerprint density at radius 2 is 1.67 bits per heavy atom. The average Bonchev–Trinajstić information content (AvgIpc) is 2.53. The summed E-state index contributed by atoms with van der Waals surface area (Å²) in [6, 6.07) is 8.58. The van der Waals surface area contributed by atoms with Crippen LogP contribution in [0.15, 0.2) is 36.4 Å². The molecule has 1 heterocycles. The molecule has 0 spiro atoms. The number of aliphatic carboxylic acids is 2. The van der Waals surface area contributed by atoms with Crippen molar-refractivity contribution in [2.75, 3.05) is 13.1 Å². The number of nitrogens with two attached hydrogens (primary N) is 1. The highest BCUT2D eigenvalue weighted by Crippen LogP contribution is 2.18. The van der Waals surface area contributed by atoms with E-state index in [2.05, 4.69) is 29.2 Å². The Morgan fingerprint density at radius 3 is 2.21 bits per heavy atom. The summed E-state index contributed by atoms with van der Waals surface area (Å²) >= 11 is 0. The lowest BCUT2D eigenvalue weighted by molar-refractivity contribution is -0.134. The van der Waals surface area contributed by atoms with Gasteiger partial charge in [0.25, 0.3) is 0 Å². The third-order valence-electron chi connectivity index (χ3n) is 3.48. The Hall–Kier alpha value is -2.67. The van der Waals surface area contributed by atoms with Crippen LogP contribution in [-0.2, 0) is 27.3 Å². The Bertz CT molecular complexity index is 597. The SMILES string of the molecule is NC(=O)CCCN1CCc2ccccc2C1.O=C(O)/C=C/C(=O)O. The number of benzene rings is 1. The Balaban J connectivity index is 0.000000307. The summed E-state index contributed by atoms with van der Waals surface area (Å²) < 4.78 is 0. The van der Waals surface area contributed by atoms with Crippen molar-refractivity contribution in [3.8, 4) is 0 Å². The molecule has 0 aliphatic carbocycles. The van der Waals surface area contributed by atoms with Gasteiger partial charge in [0.15, 0.2) is 0 Å². The number of carboxylic acids is 2. The first-order valence-corrected chi connectivity index (χ1v) is 7.60. The normalized spacial score (nSPS) is 13.7. The summed E-state index contributed by atoms with van der Waals surface area (Å²) in [5, 5.41) is 15.6. The fraction of sp³-hybridized carbons (Fsp3) is 0.353. The molecule has 0 radical (unpaired) electrons. The van der Waals surface area contributed by atoms with Gasteiger partial charge in [0.1, 0.15) is 0 Å². The average molecular weight is 334 g/mol. The third kappa shape index (κ3) is 8.09. The highest BCUT2D eigenvalue weighted by molar-refractivity contribution is 5.89. The molecule has 0 unspecified atom stereocenters. The minimum absolute atomic E-state index is 0.197. The van der Waals surface area contributed by atoms with E-state index in [1.54, 1.807) is 0 Å². The number of primary amides is 1. The van der Waals surface area contributed by atoms with Crippen molar-refractivity contribution in [2.45, 2.75) is 25.8 Å². The first kappa shape index (κ1) is 19.4. The minimum Gasteiger partial charge on any atom is -0.478 e. The molecule has 7 heteroatoms. The van der Waals surface area contributed by atoms with Gasteiger partial charge in [-0.15, -0.1) is 0 Å². The van der Waals surface area contributed by atoms with Crippen molar-refractivity contribution in [3.63, 3.8) is 0 Å². The predicted molar refractivity (Wildman–Crippen MR) is 88.3 cm³/mol. The molecule has 0 fully saturated rings. The second-order valence-corrected chi connectivity index (χ2v) is 5.37. The molecular formula is C17H22N2O5. The summed E-state index contributed by atoms with van der Waals surface area (Å²) in [5.41, 5.74) is 8.02. The van der Waals surface area contributed by atoms with Crippen LogP contribution in [0.3, 0.4) is 0 Å². The van der Waals surface area contributed by atoms with Gasteiger partial charge in [0.2, 0.25) is 5.91 Å². The molecule has 0 bridgehead atoms. The van der Waals surface area contributed by atoms with Crippen LogP contribution in [-0.4, -0.2) is 46.0 Å². The van der Waals surface area contributed by atoms with Gasteiger partial charge in [-0.1, -0.05) is 24.3 Å². The van der Waals surface area contributed by atoms with E-state index in [0.717, 1.165) is 32.5 Å². The number of carbonyl (C=O) groups excluding carboxylic acids is 1. The predicted octanol–water partition coefficient (Wildman–Crippen LogP) is 1.02. The highest BCUT2D eigenvalue weighted by atomic mass is 16.4. The molecule has 0 aromatic heterocycles. The summed E-state index contributed by atoms with van der Waals surface area (Å²) in [5.74, 6) is -2.71. The molecule has 1 aliphatic heterocycles. The topological polar surface area (TPSA) is 121 Å². The van der Waals surface area contributed by atoms with E-state index in [9.17, 15) is 14.4 Å². The van der Waals surface area contributed by atoms with E-state index in [-0.39, 0.29) is 5.91 Å². The summed E-state index contributed by atoms with van der Waals surface area (Å²) in [4.78, 5) is 32.1. The van der Waals surface area contributed by atoms with Gasteiger partial charge >= 0.3 is 11.9 Å². The van der Waals surface area contributed by atoms with Gasteiger partial charge in [-0.3, -0.25) is 9.69 Å². The van der Waals surface area contributed by atoms with Crippen molar-refractivity contribution >= 4 is 17.8 Å². The van der Waals surface area contributed by atoms with E-state index in [1.807, 2.05) is 0 Å². The fourth-order valence-electron chi connectivity index (χ4n) is 2.36. The molecule has 1 aromatic rings. The van der Waals surface area contributed by atoms with E-state index in [0.29, 0.717) is 18.6 Å². The van der Waals surface area contributed by atoms with E-state index >= 15 is 0 Å². The lowest BCUT2D eigenvalue weighted by Gasteiger charge is -2.28. The quantitative estimate of drug-likeness (QED) is 0.668. The van der Waals surface area contributed by atoms with Crippen molar-refractivity contribution in [1.82, 2.24) is 4.90 Å². The monoisotopic (exact) mass is 334 g/mol. The van der Waals surface area contributed by atoms with Crippen LogP contribution in [0.25, 0.3) is 0 Å². The van der Waals surface area contributed by atoms with Gasteiger partial charge in [0, 0.05) is 31.7 Å². The van der Waals surface area contributed by atoms with Gasteiger partial charge in [-0.05, 0) is 30.5 Å². The molecule has 1 aromatic carbocycles. The van der Waals surface area contributed by atoms with E-state index in [4.69, 9.17) is 15.9 Å². The van der Waals surface area contributed by atoms with Crippen molar-refractivity contribution in [2.24, 2.45) is 5.73 Å². The first-order valence-electron chi connectivity index (χ1n) is 7.60. The molecule has 0 atom stereocenters. The van der Waals surface area contributed by atoms with Crippen LogP contribution < -0.4 is 5.73 Å². The Kier molecular flexibility index (Phi) is 8.21. The zero-order chi connectivity index (χ0) is 17.9. The lowest BCUT2D eigenvalue weighted by atomic mass is 10.00. The summed E-state index contributed by atoms with van der Waals surface area (Å²) in [6.07, 6.45) is 3.60. The molecule has 2 rings (SSSR count). The number of hydrogen-bond acceptors (Lipinski definition) is 4. The molecule has 4 N–H and O–H groups in total. The van der Waals surface area contributed by atoms with Crippen molar-refractivity contribution in [1.29, 1.82) is 0 Å². The van der Waals surface area contributed by atoms with Crippen LogP contribution in [0, 0.1) is 0 Å². The first-order chi connectivity index (χ1) is 11.4. The third-order valence-corrected chi connectivity index (χ3v) is 3.48. The smallest absolute Gasteiger partial charge is 0.328 e. The number of carboxylic acid groups (broad SMARTS) is 2. The van der Waals surface area contributed by atoms with Gasteiger partial charge in [-0.25, -0.2) is 9.59 Å². The second kappa shape index (κ2) is 10.2. The van der Waals surface area contributed by atoms with Gasteiger partial charge in [0.05, 0.1) is 0 Å². The second-order valence-electron chi connectivity index (χ2n) is 5.37. The van der Waals surface area contributed by atoms with E-state index in [1.165, 1.54) is 11.1 Å². The molecule has 130 valence electrons. The molecule has 1 aliphatic rings. The number of fused-ring (bicyclic) bond motifs is 1. The number of rotatable bonds is 6. The molecule has 0 saturated carbocycles. The highest BCUT2D eigenvalue weighted by Gasteiger charge is 2.14. The summed E-state index contributed by atoms with van der Waals surface area (Å²) in [7, 11) is 0. The molecule has 24 heavy (non-hydrogen) atoms. The van der Waals surface area contributed by atoms with Crippen molar-refractivity contribution < 1.29 is 24.6 Å². The number of carbonyl (C=O) groups is 3. The van der Waals surface area contributed by atoms with Crippen LogP contribution >= 0.6 is 0 Å². The number of hydrogen-bond donors (Lipinski definition) is 3. The maximum atomic E-state index is 10.6. The van der Waals surface area contributed by atoms with Crippen LogP contribution in [0.5, 0.6) is 0 Å². The van der Waals surface area contributed by atoms with Crippen LogP contribution in [0.4, 0.5) is 0 Å². The molecular weight excluding hydrogens is 312 g/mol. The molecule has 7 nitrogen and oxygen atoms in total. The van der Waals surface area contributed by atoms with Crippen molar-refractivity contribution in [3.05, 3.63) is 47.5 Å². The lowest BCUT2D eigenvalue weighted by Crippen LogP contribution is -2.31. The number of nitrogens with zero attached hydrogens (tertiary/aromatic N) is 1. The maximum Gasteiger partial charge on any atom is 0.328 e. The Morgan fingerprint density at radius 1 is 1.08 bits per heavy atom. The van der Waals surface area contributed by atoms with Crippen LogP contribution in [0.1, 0.15) is 24.0 Å². The molecule has 1 amide bonds. The maximum absolute atomic E-state index is 10.6. The van der Waals surface area contributed by atoms with Gasteiger partial charge < -0.3 is 15.9 Å². The fourth-order valence-corrected chi connectivity index (χ4v) is 2.36. The standard InChI is InChI=1S/C13H18N2O.C4H4O4/c14-13(16)6-3-8-15-9-7-11-4-1-2-5-12(11)10-15;5-3(6)1-2-4(7)8/h1-2,4-5H,3,6-10H2,(H2,14,16);1-2H,(H,5,6)(H,7,8)/b;2-1+. The van der Waals surface area contributed by atoms with Crippen LogP contribution in [0.2, 0.25) is 0 Å². The zero-order valence-electron chi connectivity index (χ0n) is 13.4. The zero-order valence-corrected chi connectivity index (χ0v) is 13.4. The number of amides is 1. The largest absolute Gasteiger partial charge is 0.478 e. The Labute approximate surface area is 140 Å². The molecule has 0 saturated heterocycles. The van der Waals surface area contributed by atoms with Gasteiger partial charge in [-0.2, -0.15) is 0 Å². The van der Waals surface area contributed by atoms with E-state index < -0.39 is 11.9 Å². The minimum atomic E-state index is -1.26. The summed E-state index contributed by atoms with van der Waals surface area (Å²) in [6.45, 7) is 3.07.